The molecule has 1 N–H and O–H groups in total. The van der Waals surface area contributed by atoms with Crippen LogP contribution in [0.15, 0.2) is 24.3 Å². The molecule has 1 aromatic rings. The molecule has 1 atom stereocenters. The molecule has 2 rings (SSSR count). The lowest BCUT2D eigenvalue weighted by Crippen LogP contribution is -2.37. The molecule has 1 saturated heterocycles. The van der Waals surface area contributed by atoms with Gasteiger partial charge in [0.05, 0.1) is 11.4 Å². The first-order valence-corrected chi connectivity index (χ1v) is 7.93. The molecule has 1 fully saturated rings. The molecule has 1 aliphatic rings. The predicted octanol–water partition coefficient (Wildman–Crippen LogP) is 1.90. The lowest BCUT2D eigenvalue weighted by atomic mass is 10.1. The molecular formula is C13H20N2O2S. The Bertz CT molecular complexity index is 496. The number of nitrogens with zero attached hydrogens (tertiary/aromatic N) is 1. The summed E-state index contributed by atoms with van der Waals surface area (Å²) in [6, 6.07) is 8.04. The van der Waals surface area contributed by atoms with E-state index < -0.39 is 10.0 Å². The Morgan fingerprint density at radius 2 is 1.89 bits per heavy atom. The second-order valence-electron chi connectivity index (χ2n) is 4.70. The average molecular weight is 268 g/mol. The molecule has 0 aromatic heterocycles. The van der Waals surface area contributed by atoms with E-state index in [4.69, 9.17) is 0 Å². The molecule has 1 unspecified atom stereocenters. The largest absolute Gasteiger partial charge is 0.313 e. The number of hydrogen-bond donors (Lipinski definition) is 1. The molecule has 100 valence electrons. The van der Waals surface area contributed by atoms with Crippen LogP contribution in [0.2, 0.25) is 0 Å². The molecule has 0 bridgehead atoms. The van der Waals surface area contributed by atoms with E-state index in [1.807, 2.05) is 31.3 Å². The lowest BCUT2D eigenvalue weighted by molar-refractivity contribution is 0.574. The minimum absolute atomic E-state index is 0.266. The van der Waals surface area contributed by atoms with Crippen LogP contribution in [0.4, 0.5) is 5.69 Å². The fourth-order valence-electron chi connectivity index (χ4n) is 2.17. The maximum atomic E-state index is 12.0. The van der Waals surface area contributed by atoms with Crippen molar-refractivity contribution in [2.45, 2.75) is 25.8 Å². The van der Waals surface area contributed by atoms with Crippen molar-refractivity contribution < 1.29 is 8.42 Å². The number of rotatable bonds is 3. The van der Waals surface area contributed by atoms with Crippen molar-refractivity contribution in [1.29, 1.82) is 0 Å². The summed E-state index contributed by atoms with van der Waals surface area (Å²) in [6.45, 7) is 2.68. The summed E-state index contributed by atoms with van der Waals surface area (Å²) in [5.74, 6) is 0.266. The first-order valence-electron chi connectivity index (χ1n) is 6.32. The van der Waals surface area contributed by atoms with Crippen LogP contribution >= 0.6 is 0 Å². The van der Waals surface area contributed by atoms with Gasteiger partial charge in [-0.3, -0.25) is 4.31 Å². The van der Waals surface area contributed by atoms with Gasteiger partial charge in [-0.05, 0) is 44.5 Å². The van der Waals surface area contributed by atoms with Crippen molar-refractivity contribution in [2.75, 3.05) is 23.7 Å². The summed E-state index contributed by atoms with van der Waals surface area (Å²) in [6.07, 6.45) is 1.71. The molecule has 4 nitrogen and oxygen atoms in total. The summed E-state index contributed by atoms with van der Waals surface area (Å²) in [7, 11) is -1.19. The molecule has 1 aliphatic heterocycles. The SMILES string of the molecule is CNC(C)c1ccc(N2CCCCS2(=O)=O)cc1. The number of sulfonamides is 1. The maximum absolute atomic E-state index is 12.0. The van der Waals surface area contributed by atoms with Gasteiger partial charge in [0, 0.05) is 12.6 Å². The van der Waals surface area contributed by atoms with Gasteiger partial charge in [-0.15, -0.1) is 0 Å². The topological polar surface area (TPSA) is 49.4 Å². The Hall–Kier alpha value is -1.07. The van der Waals surface area contributed by atoms with Gasteiger partial charge in [-0.2, -0.15) is 0 Å². The van der Waals surface area contributed by atoms with Crippen LogP contribution in [0.25, 0.3) is 0 Å². The van der Waals surface area contributed by atoms with Gasteiger partial charge in [-0.25, -0.2) is 8.42 Å². The van der Waals surface area contributed by atoms with E-state index in [-0.39, 0.29) is 11.8 Å². The van der Waals surface area contributed by atoms with Crippen LogP contribution in [0.5, 0.6) is 0 Å². The van der Waals surface area contributed by atoms with Gasteiger partial charge in [0.15, 0.2) is 0 Å². The van der Waals surface area contributed by atoms with Crippen LogP contribution in [-0.4, -0.2) is 27.8 Å². The van der Waals surface area contributed by atoms with Crippen LogP contribution < -0.4 is 9.62 Å². The highest BCUT2D eigenvalue weighted by atomic mass is 32.2. The molecule has 18 heavy (non-hydrogen) atoms. The number of benzene rings is 1. The smallest absolute Gasteiger partial charge is 0.235 e. The number of anilines is 1. The van der Waals surface area contributed by atoms with Crippen molar-refractivity contribution in [3.05, 3.63) is 29.8 Å². The van der Waals surface area contributed by atoms with Gasteiger partial charge < -0.3 is 5.32 Å². The van der Waals surface area contributed by atoms with E-state index in [0.717, 1.165) is 24.1 Å². The molecule has 0 spiro atoms. The minimum atomic E-state index is -3.10. The van der Waals surface area contributed by atoms with Gasteiger partial charge in [0.2, 0.25) is 10.0 Å². The zero-order chi connectivity index (χ0) is 13.2. The third kappa shape index (κ3) is 2.67. The van der Waals surface area contributed by atoms with E-state index in [9.17, 15) is 8.42 Å². The molecule has 5 heteroatoms. The summed E-state index contributed by atoms with van der Waals surface area (Å²) in [5, 5.41) is 3.16. The Kier molecular flexibility index (Phi) is 3.92. The zero-order valence-electron chi connectivity index (χ0n) is 10.9. The van der Waals surface area contributed by atoms with Crippen molar-refractivity contribution >= 4 is 15.7 Å². The van der Waals surface area contributed by atoms with Crippen LogP contribution in [0, 0.1) is 0 Å². The fourth-order valence-corrected chi connectivity index (χ4v) is 3.81. The monoisotopic (exact) mass is 268 g/mol. The van der Waals surface area contributed by atoms with Crippen LogP contribution in [-0.2, 0) is 10.0 Å². The van der Waals surface area contributed by atoms with Crippen molar-refractivity contribution in [2.24, 2.45) is 0 Å². The standard InChI is InChI=1S/C13H20N2O2S/c1-11(14-2)12-5-7-13(8-6-12)15-9-3-4-10-18(15,16)17/h5-8,11,14H,3-4,9-10H2,1-2H3. The van der Waals surface area contributed by atoms with Crippen molar-refractivity contribution in [3.8, 4) is 0 Å². The van der Waals surface area contributed by atoms with E-state index in [0.29, 0.717) is 6.54 Å². The zero-order valence-corrected chi connectivity index (χ0v) is 11.7. The Morgan fingerprint density at radius 3 is 2.44 bits per heavy atom. The molecule has 0 amide bonds. The normalized spacial score (nSPS) is 20.7. The van der Waals surface area contributed by atoms with Crippen molar-refractivity contribution in [3.63, 3.8) is 0 Å². The summed E-state index contributed by atoms with van der Waals surface area (Å²) in [5.41, 5.74) is 1.94. The Labute approximate surface area is 109 Å². The number of hydrogen-bond acceptors (Lipinski definition) is 3. The molecule has 0 saturated carbocycles. The average Bonchev–Trinajstić information content (AvgIpc) is 2.37. The summed E-state index contributed by atoms with van der Waals surface area (Å²) in [4.78, 5) is 0. The molecule has 0 radical (unpaired) electrons. The van der Waals surface area contributed by atoms with Crippen LogP contribution in [0.3, 0.4) is 0 Å². The van der Waals surface area contributed by atoms with E-state index in [1.54, 1.807) is 0 Å². The van der Waals surface area contributed by atoms with E-state index in [1.165, 1.54) is 4.31 Å². The number of nitrogens with one attached hydrogen (secondary N) is 1. The van der Waals surface area contributed by atoms with Gasteiger partial charge >= 0.3 is 0 Å². The third-order valence-corrected chi connectivity index (χ3v) is 5.33. The molecule has 1 aromatic carbocycles. The lowest BCUT2D eigenvalue weighted by Gasteiger charge is -2.28. The second-order valence-corrected chi connectivity index (χ2v) is 6.71. The second kappa shape index (κ2) is 5.28. The van der Waals surface area contributed by atoms with Gasteiger partial charge in [-0.1, -0.05) is 12.1 Å². The highest BCUT2D eigenvalue weighted by Gasteiger charge is 2.25. The summed E-state index contributed by atoms with van der Waals surface area (Å²) >= 11 is 0. The van der Waals surface area contributed by atoms with E-state index >= 15 is 0 Å². The third-order valence-electron chi connectivity index (χ3n) is 3.46. The van der Waals surface area contributed by atoms with Crippen LogP contribution in [0.1, 0.15) is 31.4 Å². The highest BCUT2D eigenvalue weighted by molar-refractivity contribution is 7.92. The molecule has 0 aliphatic carbocycles. The summed E-state index contributed by atoms with van der Waals surface area (Å²) < 4.78 is 25.5. The maximum Gasteiger partial charge on any atom is 0.235 e. The Balaban J connectivity index is 2.24. The molecular weight excluding hydrogens is 248 g/mol. The molecule has 1 heterocycles. The predicted molar refractivity (Wildman–Crippen MR) is 74.3 cm³/mol. The Morgan fingerprint density at radius 1 is 1.22 bits per heavy atom. The first kappa shape index (κ1) is 13.4. The van der Waals surface area contributed by atoms with E-state index in [2.05, 4.69) is 12.2 Å². The van der Waals surface area contributed by atoms with Gasteiger partial charge in [0.25, 0.3) is 0 Å². The quantitative estimate of drug-likeness (QED) is 0.911. The fraction of sp³-hybridized carbons (Fsp3) is 0.538. The van der Waals surface area contributed by atoms with Gasteiger partial charge in [0.1, 0.15) is 0 Å². The first-order chi connectivity index (χ1) is 8.54. The minimum Gasteiger partial charge on any atom is -0.313 e. The highest BCUT2D eigenvalue weighted by Crippen LogP contribution is 2.25. The van der Waals surface area contributed by atoms with Crippen molar-refractivity contribution in [1.82, 2.24) is 5.32 Å².